The van der Waals surface area contributed by atoms with Crippen LogP contribution in [0, 0.1) is 17.2 Å². The Labute approximate surface area is 189 Å². The van der Waals surface area contributed by atoms with Gasteiger partial charge in [-0.2, -0.15) is 5.26 Å². The van der Waals surface area contributed by atoms with Crippen LogP contribution in [0.4, 0.5) is 0 Å². The number of nitrogens with zero attached hydrogens (tertiary/aromatic N) is 2. The summed E-state index contributed by atoms with van der Waals surface area (Å²) >= 11 is 5.90. The van der Waals surface area contributed by atoms with Gasteiger partial charge in [0.2, 0.25) is 0 Å². The number of aryl methyl sites for hydroxylation is 2. The van der Waals surface area contributed by atoms with Crippen molar-refractivity contribution >= 4 is 34.1 Å². The fourth-order valence-electron chi connectivity index (χ4n) is 3.70. The fraction of sp³-hybridized carbons (Fsp3) is 0.200. The summed E-state index contributed by atoms with van der Waals surface area (Å²) in [6.45, 7) is 2.03. The molecule has 7 heteroatoms. The van der Waals surface area contributed by atoms with Crippen LogP contribution in [0.3, 0.4) is 0 Å². The van der Waals surface area contributed by atoms with E-state index in [-0.39, 0.29) is 12.8 Å². The van der Waals surface area contributed by atoms with Crippen molar-refractivity contribution in [3.05, 3.63) is 76.9 Å². The molecular weight excluding hydrogens is 426 g/mol. The smallest absolute Gasteiger partial charge is 0.195 e. The summed E-state index contributed by atoms with van der Waals surface area (Å²) in [5, 5.41) is 10.9. The standard InChI is InChI=1S/C25H20ClN3O3/c1-2-15-4-3-5-18-20(13-29-24(15)18)25(31)19(12-27)21(30)10-11-23-28-14-22(32-23)16-6-8-17(26)9-7-16/h3-9,13-14,19,29H,2,10-11H2,1H3/t19-/m0/s1. The van der Waals surface area contributed by atoms with Crippen LogP contribution in [-0.2, 0) is 17.6 Å². The van der Waals surface area contributed by atoms with Gasteiger partial charge in [0.1, 0.15) is 0 Å². The number of Topliss-reactive ketones (excluding diaryl/α,β-unsaturated/α-hetero) is 2. The lowest BCUT2D eigenvalue weighted by atomic mass is 9.92. The molecule has 32 heavy (non-hydrogen) atoms. The third-order valence-electron chi connectivity index (χ3n) is 5.43. The SMILES string of the molecule is CCc1cccc2c(C(=O)[C@@H](C#N)C(=O)CCc3ncc(-c4ccc(Cl)cc4)o3)c[nH]c12. The summed E-state index contributed by atoms with van der Waals surface area (Å²) < 4.78 is 5.71. The number of nitrogens with one attached hydrogen (secondary N) is 1. The summed E-state index contributed by atoms with van der Waals surface area (Å²) in [4.78, 5) is 33.0. The molecule has 0 unspecified atom stereocenters. The van der Waals surface area contributed by atoms with Gasteiger partial charge in [0.25, 0.3) is 0 Å². The van der Waals surface area contributed by atoms with E-state index in [9.17, 15) is 14.9 Å². The minimum Gasteiger partial charge on any atom is -0.441 e. The number of hydrogen-bond donors (Lipinski definition) is 1. The highest BCUT2D eigenvalue weighted by Gasteiger charge is 2.29. The highest BCUT2D eigenvalue weighted by molar-refractivity contribution is 6.30. The predicted octanol–water partition coefficient (Wildman–Crippen LogP) is 5.56. The van der Waals surface area contributed by atoms with Crippen molar-refractivity contribution < 1.29 is 14.0 Å². The number of nitriles is 1. The summed E-state index contributed by atoms with van der Waals surface area (Å²) in [6.07, 6.45) is 4.14. The van der Waals surface area contributed by atoms with Crippen LogP contribution in [0.5, 0.6) is 0 Å². The predicted molar refractivity (Wildman–Crippen MR) is 121 cm³/mol. The molecule has 0 aliphatic rings. The third-order valence-corrected chi connectivity index (χ3v) is 5.68. The average molecular weight is 446 g/mol. The van der Waals surface area contributed by atoms with Gasteiger partial charge in [-0.1, -0.05) is 36.7 Å². The van der Waals surface area contributed by atoms with Crippen LogP contribution in [-0.4, -0.2) is 21.5 Å². The topological polar surface area (TPSA) is 99.8 Å². The van der Waals surface area contributed by atoms with Crippen LogP contribution in [0.1, 0.15) is 35.2 Å². The van der Waals surface area contributed by atoms with Crippen molar-refractivity contribution in [3.63, 3.8) is 0 Å². The van der Waals surface area contributed by atoms with Gasteiger partial charge in [0.05, 0.1) is 12.3 Å². The molecule has 1 atom stereocenters. The van der Waals surface area contributed by atoms with Crippen molar-refractivity contribution in [2.45, 2.75) is 26.2 Å². The van der Waals surface area contributed by atoms with Crippen LogP contribution in [0.2, 0.25) is 5.02 Å². The van der Waals surface area contributed by atoms with Crippen molar-refractivity contribution in [2.75, 3.05) is 0 Å². The van der Waals surface area contributed by atoms with Gasteiger partial charge >= 0.3 is 0 Å². The van der Waals surface area contributed by atoms with Crippen LogP contribution < -0.4 is 0 Å². The number of halogens is 1. The van der Waals surface area contributed by atoms with E-state index in [1.54, 1.807) is 24.5 Å². The first-order valence-electron chi connectivity index (χ1n) is 10.3. The zero-order valence-corrected chi connectivity index (χ0v) is 18.1. The number of H-pyrrole nitrogens is 1. The third kappa shape index (κ3) is 4.20. The van der Waals surface area contributed by atoms with Crippen molar-refractivity contribution in [2.24, 2.45) is 5.92 Å². The van der Waals surface area contributed by atoms with Gasteiger partial charge in [0, 0.05) is 46.1 Å². The number of fused-ring (bicyclic) bond motifs is 1. The molecule has 2 aromatic carbocycles. The molecule has 2 heterocycles. The molecule has 0 aliphatic carbocycles. The van der Waals surface area contributed by atoms with Crippen molar-refractivity contribution in [1.29, 1.82) is 5.26 Å². The first kappa shape index (κ1) is 21.5. The van der Waals surface area contributed by atoms with Crippen molar-refractivity contribution in [1.82, 2.24) is 9.97 Å². The molecule has 4 rings (SSSR count). The maximum atomic E-state index is 13.0. The lowest BCUT2D eigenvalue weighted by Gasteiger charge is -2.06. The highest BCUT2D eigenvalue weighted by atomic mass is 35.5. The van der Waals surface area contributed by atoms with Crippen LogP contribution in [0.15, 0.2) is 59.3 Å². The molecule has 2 aromatic heterocycles. The van der Waals surface area contributed by atoms with E-state index >= 15 is 0 Å². The number of benzene rings is 2. The Morgan fingerprint density at radius 3 is 2.72 bits per heavy atom. The number of para-hydroxylation sites is 1. The molecule has 0 fully saturated rings. The van der Waals surface area contributed by atoms with E-state index in [0.29, 0.717) is 22.2 Å². The molecule has 6 nitrogen and oxygen atoms in total. The number of aromatic amines is 1. The molecule has 160 valence electrons. The fourth-order valence-corrected chi connectivity index (χ4v) is 3.82. The van der Waals surface area contributed by atoms with Gasteiger partial charge in [0.15, 0.2) is 29.1 Å². The second-order valence-corrected chi connectivity index (χ2v) is 7.85. The quantitative estimate of drug-likeness (QED) is 0.282. The molecule has 0 amide bonds. The summed E-state index contributed by atoms with van der Waals surface area (Å²) in [5.74, 6) is -1.39. The number of rotatable bonds is 8. The minimum absolute atomic E-state index is 0.0207. The molecule has 4 aromatic rings. The Bertz CT molecular complexity index is 1330. The van der Waals surface area contributed by atoms with Crippen molar-refractivity contribution in [3.8, 4) is 17.4 Å². The number of ketones is 2. The number of aromatic nitrogens is 2. The largest absolute Gasteiger partial charge is 0.441 e. The molecule has 0 aliphatic heterocycles. The second-order valence-electron chi connectivity index (χ2n) is 7.41. The molecule has 0 saturated carbocycles. The van der Waals surface area contributed by atoms with Gasteiger partial charge in [-0.15, -0.1) is 0 Å². The monoisotopic (exact) mass is 445 g/mol. The Hall–Kier alpha value is -3.69. The Morgan fingerprint density at radius 1 is 1.22 bits per heavy atom. The zero-order chi connectivity index (χ0) is 22.7. The van der Waals surface area contributed by atoms with E-state index in [2.05, 4.69) is 9.97 Å². The lowest BCUT2D eigenvalue weighted by Crippen LogP contribution is -2.23. The Morgan fingerprint density at radius 2 is 2.00 bits per heavy atom. The first-order chi connectivity index (χ1) is 15.5. The summed E-state index contributed by atoms with van der Waals surface area (Å²) in [7, 11) is 0. The molecule has 0 spiro atoms. The van der Waals surface area contributed by atoms with Gasteiger partial charge in [-0.25, -0.2) is 4.98 Å². The van der Waals surface area contributed by atoms with Gasteiger partial charge in [-0.05, 0) is 36.2 Å². The molecular formula is C25H20ClN3O3. The van der Waals surface area contributed by atoms with E-state index in [4.69, 9.17) is 16.0 Å². The maximum absolute atomic E-state index is 13.0. The molecule has 0 radical (unpaired) electrons. The van der Waals surface area contributed by atoms with E-state index in [0.717, 1.165) is 28.5 Å². The normalized spacial score (nSPS) is 11.9. The first-order valence-corrected chi connectivity index (χ1v) is 10.7. The highest BCUT2D eigenvalue weighted by Crippen LogP contribution is 2.26. The number of carbonyl (C=O) groups excluding carboxylic acids is 2. The van der Waals surface area contributed by atoms with E-state index in [1.165, 1.54) is 0 Å². The Balaban J connectivity index is 1.46. The minimum atomic E-state index is -1.37. The number of oxazole rings is 1. The van der Waals surface area contributed by atoms with Gasteiger partial charge in [-0.3, -0.25) is 9.59 Å². The molecule has 1 N–H and O–H groups in total. The number of hydrogen-bond acceptors (Lipinski definition) is 5. The Kier molecular flexibility index (Phi) is 6.20. The summed E-state index contributed by atoms with van der Waals surface area (Å²) in [5.41, 5.74) is 3.10. The van der Waals surface area contributed by atoms with Crippen LogP contribution >= 0.6 is 11.6 Å². The van der Waals surface area contributed by atoms with Gasteiger partial charge < -0.3 is 9.40 Å². The van der Waals surface area contributed by atoms with E-state index in [1.807, 2.05) is 43.3 Å². The number of carbonyl (C=O) groups is 2. The molecule has 0 saturated heterocycles. The lowest BCUT2D eigenvalue weighted by molar-refractivity contribution is -0.120. The second kappa shape index (κ2) is 9.21. The summed E-state index contributed by atoms with van der Waals surface area (Å²) in [6, 6.07) is 14.7. The van der Waals surface area contributed by atoms with E-state index < -0.39 is 17.5 Å². The average Bonchev–Trinajstić information content (AvgIpc) is 3.46. The maximum Gasteiger partial charge on any atom is 0.195 e. The zero-order valence-electron chi connectivity index (χ0n) is 17.4. The molecule has 0 bridgehead atoms. The van der Waals surface area contributed by atoms with Crippen LogP contribution in [0.25, 0.3) is 22.2 Å².